The van der Waals surface area contributed by atoms with Crippen LogP contribution in [-0.2, 0) is 22.3 Å². The number of carbonyl (C=O) groups is 2. The van der Waals surface area contributed by atoms with E-state index in [0.29, 0.717) is 25.3 Å². The maximum absolute atomic E-state index is 14.0. The minimum absolute atomic E-state index is 0.0456. The lowest BCUT2D eigenvalue weighted by molar-refractivity contribution is -0.166. The Balaban J connectivity index is 1.59. The number of nitrogens with one attached hydrogen (secondary N) is 3. The average molecular weight is 572 g/mol. The molecule has 3 heterocycles. The van der Waals surface area contributed by atoms with Crippen LogP contribution in [-0.4, -0.2) is 46.1 Å². The molecule has 4 rings (SSSR count). The van der Waals surface area contributed by atoms with Crippen molar-refractivity contribution in [3.8, 4) is 5.75 Å². The molecule has 1 saturated heterocycles. The molecular formula is C29H32F3N5O4. The molecule has 1 amide bonds. The van der Waals surface area contributed by atoms with Crippen molar-refractivity contribution in [2.24, 2.45) is 0 Å². The fourth-order valence-electron chi connectivity index (χ4n) is 4.31. The molecule has 0 bridgehead atoms. The van der Waals surface area contributed by atoms with Gasteiger partial charge in [-0.2, -0.15) is 13.2 Å². The molecule has 2 atom stereocenters. The van der Waals surface area contributed by atoms with Gasteiger partial charge in [-0.3, -0.25) is 9.78 Å². The normalized spacial score (nSPS) is 16.1. The summed E-state index contributed by atoms with van der Waals surface area (Å²) in [4.78, 5) is 34.4. The van der Waals surface area contributed by atoms with Gasteiger partial charge in [-0.15, -0.1) is 0 Å². The van der Waals surface area contributed by atoms with E-state index in [1.807, 2.05) is 12.1 Å². The quantitative estimate of drug-likeness (QED) is 0.300. The lowest BCUT2D eigenvalue weighted by Crippen LogP contribution is -2.47. The van der Waals surface area contributed by atoms with E-state index in [-0.39, 0.29) is 11.3 Å². The number of hydrogen-bond acceptors (Lipinski definition) is 8. The van der Waals surface area contributed by atoms with Gasteiger partial charge in [-0.25, -0.2) is 9.78 Å². The van der Waals surface area contributed by atoms with E-state index in [4.69, 9.17) is 9.47 Å². The molecule has 9 nitrogen and oxygen atoms in total. The monoisotopic (exact) mass is 571 g/mol. The van der Waals surface area contributed by atoms with Crippen LogP contribution in [0, 0.1) is 0 Å². The lowest BCUT2D eigenvalue weighted by Gasteiger charge is -2.28. The van der Waals surface area contributed by atoms with Gasteiger partial charge in [0.15, 0.2) is 0 Å². The number of ether oxygens (including phenoxy) is 2. The van der Waals surface area contributed by atoms with Gasteiger partial charge in [0.05, 0.1) is 17.2 Å². The summed E-state index contributed by atoms with van der Waals surface area (Å²) in [5, 5.41) is 8.82. The topological polar surface area (TPSA) is 114 Å². The standard InChI is InChI=1S/C29H32F3N5O4/c1-28(2,3)41-27(39)24(22-7-5-12-34-22)40-23-16-19(8-9-21(23)29(30,31)32)37-26(38)20-6-4-13-35-25(20)36-17-18-10-14-33-15-11-18/h4,6,8-11,13-16,22,24,34H,5,7,12,17H2,1-3H3,(H,35,36)(H,37,38)/t22?,24-/m1/s1. The molecule has 218 valence electrons. The molecule has 1 aliphatic rings. The minimum atomic E-state index is -4.77. The summed E-state index contributed by atoms with van der Waals surface area (Å²) in [6, 6.07) is 9.21. The summed E-state index contributed by atoms with van der Waals surface area (Å²) in [5.41, 5.74) is -0.803. The second kappa shape index (κ2) is 12.5. The van der Waals surface area contributed by atoms with Crippen molar-refractivity contribution in [2.45, 2.75) is 64.1 Å². The van der Waals surface area contributed by atoms with Crippen molar-refractivity contribution in [2.75, 3.05) is 17.2 Å². The molecule has 41 heavy (non-hydrogen) atoms. The summed E-state index contributed by atoms with van der Waals surface area (Å²) in [7, 11) is 0. The largest absolute Gasteiger partial charge is 0.476 e. The molecule has 1 aromatic carbocycles. The molecule has 0 spiro atoms. The molecule has 0 radical (unpaired) electrons. The Morgan fingerprint density at radius 1 is 1.10 bits per heavy atom. The first-order valence-electron chi connectivity index (χ1n) is 13.1. The minimum Gasteiger partial charge on any atom is -0.476 e. The van der Waals surface area contributed by atoms with Crippen LogP contribution in [0.5, 0.6) is 5.75 Å². The number of aromatic nitrogens is 2. The highest BCUT2D eigenvalue weighted by Gasteiger charge is 2.40. The van der Waals surface area contributed by atoms with Crippen LogP contribution in [0.3, 0.4) is 0 Å². The van der Waals surface area contributed by atoms with Crippen LogP contribution in [0.15, 0.2) is 61.1 Å². The van der Waals surface area contributed by atoms with Crippen molar-refractivity contribution < 1.29 is 32.2 Å². The fourth-order valence-corrected chi connectivity index (χ4v) is 4.31. The smallest absolute Gasteiger partial charge is 0.419 e. The van der Waals surface area contributed by atoms with E-state index < -0.39 is 47.1 Å². The van der Waals surface area contributed by atoms with Crippen molar-refractivity contribution in [3.63, 3.8) is 0 Å². The first-order chi connectivity index (χ1) is 19.4. The lowest BCUT2D eigenvalue weighted by atomic mass is 10.1. The predicted octanol–water partition coefficient (Wildman–Crippen LogP) is 5.20. The SMILES string of the molecule is CC(C)(C)OC(=O)[C@H](Oc1cc(NC(=O)c2cccnc2NCc2ccncc2)ccc1C(F)(F)F)C1CCCN1. The van der Waals surface area contributed by atoms with Crippen molar-refractivity contribution in [3.05, 3.63) is 77.7 Å². The zero-order valence-corrected chi connectivity index (χ0v) is 22.9. The highest BCUT2D eigenvalue weighted by atomic mass is 19.4. The van der Waals surface area contributed by atoms with Crippen LogP contribution in [0.25, 0.3) is 0 Å². The first-order valence-corrected chi connectivity index (χ1v) is 13.1. The molecule has 1 fully saturated rings. The van der Waals surface area contributed by atoms with Crippen LogP contribution in [0.2, 0.25) is 0 Å². The highest BCUT2D eigenvalue weighted by molar-refractivity contribution is 6.07. The third kappa shape index (κ3) is 8.16. The van der Waals surface area contributed by atoms with Gasteiger partial charge in [-0.1, -0.05) is 0 Å². The van der Waals surface area contributed by atoms with E-state index in [1.165, 1.54) is 6.20 Å². The molecule has 0 aliphatic carbocycles. The number of nitrogens with zero attached hydrogens (tertiary/aromatic N) is 2. The van der Waals surface area contributed by atoms with E-state index in [9.17, 15) is 22.8 Å². The number of halogens is 3. The summed E-state index contributed by atoms with van der Waals surface area (Å²) in [6.45, 7) is 5.97. The maximum Gasteiger partial charge on any atom is 0.419 e. The van der Waals surface area contributed by atoms with E-state index in [1.54, 1.807) is 45.3 Å². The number of hydrogen-bond donors (Lipinski definition) is 3. The molecule has 3 aromatic rings. The molecule has 3 N–H and O–H groups in total. The molecule has 12 heteroatoms. The third-order valence-electron chi connectivity index (χ3n) is 6.16. The number of amides is 1. The van der Waals surface area contributed by atoms with Crippen molar-refractivity contribution in [1.82, 2.24) is 15.3 Å². The number of alkyl halides is 3. The highest BCUT2D eigenvalue weighted by Crippen LogP contribution is 2.39. The van der Waals surface area contributed by atoms with Gasteiger partial charge in [0, 0.05) is 36.9 Å². The van der Waals surface area contributed by atoms with Gasteiger partial charge in [0.25, 0.3) is 5.91 Å². The number of rotatable bonds is 9. The Hall–Kier alpha value is -4.19. The third-order valence-corrected chi connectivity index (χ3v) is 6.16. The van der Waals surface area contributed by atoms with Crippen molar-refractivity contribution >= 4 is 23.4 Å². The number of pyridine rings is 2. The van der Waals surface area contributed by atoms with Gasteiger partial charge < -0.3 is 25.4 Å². The van der Waals surface area contributed by atoms with Crippen LogP contribution < -0.4 is 20.7 Å². The number of anilines is 2. The second-order valence-electron chi connectivity index (χ2n) is 10.5. The Bertz CT molecular complexity index is 1360. The van der Waals surface area contributed by atoms with E-state index in [2.05, 4.69) is 25.9 Å². The summed E-state index contributed by atoms with van der Waals surface area (Å²) < 4.78 is 53.1. The number of esters is 1. The van der Waals surface area contributed by atoms with Crippen LogP contribution >= 0.6 is 0 Å². The summed E-state index contributed by atoms with van der Waals surface area (Å²) in [5.74, 6) is -1.67. The second-order valence-corrected chi connectivity index (χ2v) is 10.5. The van der Waals surface area contributed by atoms with Gasteiger partial charge in [0.1, 0.15) is 17.2 Å². The van der Waals surface area contributed by atoms with E-state index in [0.717, 1.165) is 30.2 Å². The molecule has 1 unspecified atom stereocenters. The fraction of sp³-hybridized carbons (Fsp3) is 0.379. The Morgan fingerprint density at radius 3 is 2.51 bits per heavy atom. The van der Waals surface area contributed by atoms with Crippen LogP contribution in [0.1, 0.15) is 55.1 Å². The van der Waals surface area contributed by atoms with Gasteiger partial charge in [0.2, 0.25) is 6.10 Å². The number of benzene rings is 1. The van der Waals surface area contributed by atoms with Gasteiger partial charge >= 0.3 is 12.1 Å². The Kier molecular flexibility index (Phi) is 9.11. The molecular weight excluding hydrogens is 539 g/mol. The summed E-state index contributed by atoms with van der Waals surface area (Å²) >= 11 is 0. The molecule has 1 aliphatic heterocycles. The first kappa shape index (κ1) is 29.8. The number of carbonyl (C=O) groups excluding carboxylic acids is 2. The Labute approximate surface area is 235 Å². The Morgan fingerprint density at radius 2 is 1.85 bits per heavy atom. The zero-order valence-electron chi connectivity index (χ0n) is 22.9. The molecule has 0 saturated carbocycles. The van der Waals surface area contributed by atoms with E-state index >= 15 is 0 Å². The maximum atomic E-state index is 14.0. The zero-order chi connectivity index (χ0) is 29.6. The average Bonchev–Trinajstić information content (AvgIpc) is 3.44. The predicted molar refractivity (Wildman–Crippen MR) is 146 cm³/mol. The van der Waals surface area contributed by atoms with Gasteiger partial charge in [-0.05, 0) is 82.1 Å². The molecule has 2 aromatic heterocycles. The van der Waals surface area contributed by atoms with Crippen molar-refractivity contribution in [1.29, 1.82) is 0 Å². The van der Waals surface area contributed by atoms with Crippen LogP contribution in [0.4, 0.5) is 24.7 Å². The summed E-state index contributed by atoms with van der Waals surface area (Å²) in [6.07, 6.45) is -0.0365.